The number of ketones is 1. The second-order valence-electron chi connectivity index (χ2n) is 4.05. The highest BCUT2D eigenvalue weighted by Crippen LogP contribution is 2.23. The van der Waals surface area contributed by atoms with Gasteiger partial charge in [-0.1, -0.05) is 24.6 Å². The highest BCUT2D eigenvalue weighted by molar-refractivity contribution is 6.31. The molecule has 1 atom stereocenters. The number of aliphatic hydroxyl groups excluding tert-OH is 1. The van der Waals surface area contributed by atoms with Crippen molar-refractivity contribution >= 4 is 28.3 Å². The minimum absolute atomic E-state index is 0.118. The quantitative estimate of drug-likeness (QED) is 0.725. The first-order valence-corrected chi connectivity index (χ1v) is 6.20. The molecule has 0 bridgehead atoms. The standard InChI is InChI=1S/C13H15ClN2O2/c1-2-15-12(7-17)13(18)10-6-16-11-5-8(14)3-4-9(10)11/h3-6,12,15-17H,2,7H2,1H3. The molecule has 18 heavy (non-hydrogen) atoms. The predicted octanol–water partition coefficient (Wildman–Crippen LogP) is 1.97. The number of aromatic amines is 1. The Morgan fingerprint density at radius 2 is 2.33 bits per heavy atom. The van der Waals surface area contributed by atoms with E-state index in [2.05, 4.69) is 10.3 Å². The van der Waals surface area contributed by atoms with Gasteiger partial charge in [0.05, 0.1) is 12.6 Å². The fraction of sp³-hybridized carbons (Fsp3) is 0.308. The Balaban J connectivity index is 2.38. The molecule has 1 heterocycles. The fourth-order valence-electron chi connectivity index (χ4n) is 1.98. The molecule has 4 nitrogen and oxygen atoms in total. The van der Waals surface area contributed by atoms with E-state index in [-0.39, 0.29) is 12.4 Å². The third-order valence-electron chi connectivity index (χ3n) is 2.86. The van der Waals surface area contributed by atoms with Crippen LogP contribution in [0.3, 0.4) is 0 Å². The Kier molecular flexibility index (Phi) is 4.01. The Hall–Kier alpha value is -1.36. The van der Waals surface area contributed by atoms with Crippen molar-refractivity contribution in [2.45, 2.75) is 13.0 Å². The first-order chi connectivity index (χ1) is 8.67. The summed E-state index contributed by atoms with van der Waals surface area (Å²) in [6, 6.07) is 4.76. The first kappa shape index (κ1) is 13.1. The highest BCUT2D eigenvalue weighted by Gasteiger charge is 2.21. The number of Topliss-reactive ketones (excluding diaryl/α,β-unsaturated/α-hetero) is 1. The predicted molar refractivity (Wildman–Crippen MR) is 72.2 cm³/mol. The average molecular weight is 267 g/mol. The lowest BCUT2D eigenvalue weighted by molar-refractivity contribution is 0.0901. The van der Waals surface area contributed by atoms with Crippen LogP contribution in [0, 0.1) is 0 Å². The number of rotatable bonds is 5. The summed E-state index contributed by atoms with van der Waals surface area (Å²) in [4.78, 5) is 15.3. The van der Waals surface area contributed by atoms with Crippen LogP contribution in [0.5, 0.6) is 0 Å². The van der Waals surface area contributed by atoms with Gasteiger partial charge in [0, 0.05) is 27.7 Å². The summed E-state index contributed by atoms with van der Waals surface area (Å²) < 4.78 is 0. The molecular formula is C13H15ClN2O2. The topological polar surface area (TPSA) is 65.1 Å². The van der Waals surface area contributed by atoms with Crippen LogP contribution < -0.4 is 5.32 Å². The maximum absolute atomic E-state index is 12.3. The van der Waals surface area contributed by atoms with Crippen molar-refractivity contribution in [3.63, 3.8) is 0 Å². The molecule has 0 aliphatic rings. The molecule has 1 aromatic heterocycles. The van der Waals surface area contributed by atoms with Crippen LogP contribution in [0.25, 0.3) is 10.9 Å². The molecule has 0 aliphatic carbocycles. The van der Waals surface area contributed by atoms with Crippen molar-refractivity contribution in [3.8, 4) is 0 Å². The van der Waals surface area contributed by atoms with Gasteiger partial charge in [0.15, 0.2) is 5.78 Å². The fourth-order valence-corrected chi connectivity index (χ4v) is 2.15. The maximum Gasteiger partial charge on any atom is 0.184 e. The Bertz CT molecular complexity index is 565. The van der Waals surface area contributed by atoms with E-state index in [0.29, 0.717) is 17.1 Å². The normalized spacial score (nSPS) is 12.8. The van der Waals surface area contributed by atoms with Gasteiger partial charge in [-0.3, -0.25) is 4.79 Å². The number of hydrogen-bond donors (Lipinski definition) is 3. The number of aromatic nitrogens is 1. The van der Waals surface area contributed by atoms with Crippen molar-refractivity contribution in [1.29, 1.82) is 0 Å². The largest absolute Gasteiger partial charge is 0.394 e. The van der Waals surface area contributed by atoms with E-state index in [4.69, 9.17) is 11.6 Å². The Labute approximate surface area is 110 Å². The van der Waals surface area contributed by atoms with Gasteiger partial charge in [-0.05, 0) is 18.7 Å². The number of fused-ring (bicyclic) bond motifs is 1. The monoisotopic (exact) mass is 266 g/mol. The van der Waals surface area contributed by atoms with E-state index in [1.54, 1.807) is 18.3 Å². The zero-order chi connectivity index (χ0) is 13.1. The Morgan fingerprint density at radius 1 is 1.56 bits per heavy atom. The number of likely N-dealkylation sites (N-methyl/N-ethyl adjacent to an activating group) is 1. The lowest BCUT2D eigenvalue weighted by atomic mass is 10.0. The average Bonchev–Trinajstić information content (AvgIpc) is 2.77. The van der Waals surface area contributed by atoms with Gasteiger partial charge >= 0.3 is 0 Å². The summed E-state index contributed by atoms with van der Waals surface area (Å²) in [5.41, 5.74) is 1.39. The van der Waals surface area contributed by atoms with Crippen LogP contribution in [0.4, 0.5) is 0 Å². The molecule has 0 saturated carbocycles. The SMILES string of the molecule is CCNC(CO)C(=O)c1c[nH]c2cc(Cl)ccc12. The summed E-state index contributed by atoms with van der Waals surface area (Å²) in [6.07, 6.45) is 1.66. The number of aliphatic hydroxyl groups is 1. The van der Waals surface area contributed by atoms with Gasteiger partial charge in [-0.2, -0.15) is 0 Å². The third-order valence-corrected chi connectivity index (χ3v) is 3.09. The van der Waals surface area contributed by atoms with Gasteiger partial charge in [-0.15, -0.1) is 0 Å². The van der Waals surface area contributed by atoms with E-state index >= 15 is 0 Å². The van der Waals surface area contributed by atoms with Crippen LogP contribution in [0.1, 0.15) is 17.3 Å². The van der Waals surface area contributed by atoms with Gasteiger partial charge in [0.1, 0.15) is 0 Å². The molecule has 96 valence electrons. The van der Waals surface area contributed by atoms with E-state index < -0.39 is 6.04 Å². The molecule has 2 rings (SSSR count). The Morgan fingerprint density at radius 3 is 3.00 bits per heavy atom. The molecule has 1 aromatic carbocycles. The number of halogens is 1. The number of benzene rings is 1. The number of H-pyrrole nitrogens is 1. The zero-order valence-corrected chi connectivity index (χ0v) is 10.8. The van der Waals surface area contributed by atoms with Gasteiger partial charge in [-0.25, -0.2) is 0 Å². The molecule has 5 heteroatoms. The summed E-state index contributed by atoms with van der Waals surface area (Å²) in [7, 11) is 0. The summed E-state index contributed by atoms with van der Waals surface area (Å²) >= 11 is 5.89. The minimum atomic E-state index is -0.565. The number of nitrogens with one attached hydrogen (secondary N) is 2. The molecule has 0 fully saturated rings. The maximum atomic E-state index is 12.3. The van der Waals surface area contributed by atoms with Gasteiger partial charge in [0.25, 0.3) is 0 Å². The van der Waals surface area contributed by atoms with Crippen LogP contribution in [-0.2, 0) is 0 Å². The van der Waals surface area contributed by atoms with Crippen LogP contribution >= 0.6 is 11.6 Å². The first-order valence-electron chi connectivity index (χ1n) is 5.82. The highest BCUT2D eigenvalue weighted by atomic mass is 35.5. The molecule has 0 radical (unpaired) electrons. The molecule has 0 saturated heterocycles. The van der Waals surface area contributed by atoms with Crippen molar-refractivity contribution in [2.75, 3.05) is 13.2 Å². The molecule has 0 spiro atoms. The molecule has 3 N–H and O–H groups in total. The number of carbonyl (C=O) groups excluding carboxylic acids is 1. The zero-order valence-electron chi connectivity index (χ0n) is 10.0. The van der Waals surface area contributed by atoms with Gasteiger partial charge in [0.2, 0.25) is 0 Å². The lowest BCUT2D eigenvalue weighted by Crippen LogP contribution is -2.39. The summed E-state index contributed by atoms with van der Waals surface area (Å²) in [6.45, 7) is 2.31. The molecule has 0 aliphatic heterocycles. The van der Waals surface area contributed by atoms with E-state index in [0.717, 1.165) is 10.9 Å². The van der Waals surface area contributed by atoms with Crippen LogP contribution in [0.2, 0.25) is 5.02 Å². The second-order valence-corrected chi connectivity index (χ2v) is 4.49. The van der Waals surface area contributed by atoms with Crippen molar-refractivity contribution < 1.29 is 9.90 Å². The number of carbonyl (C=O) groups is 1. The van der Waals surface area contributed by atoms with Crippen molar-refractivity contribution in [2.24, 2.45) is 0 Å². The summed E-state index contributed by atoms with van der Waals surface area (Å²) in [5, 5.41) is 13.6. The second kappa shape index (κ2) is 5.52. The van der Waals surface area contributed by atoms with Gasteiger partial charge < -0.3 is 15.4 Å². The molecule has 1 unspecified atom stereocenters. The third kappa shape index (κ3) is 2.41. The lowest BCUT2D eigenvalue weighted by Gasteiger charge is -2.12. The molecule has 2 aromatic rings. The molecular weight excluding hydrogens is 252 g/mol. The van der Waals surface area contributed by atoms with Crippen molar-refractivity contribution in [3.05, 3.63) is 35.0 Å². The smallest absolute Gasteiger partial charge is 0.184 e. The molecule has 0 amide bonds. The van der Waals surface area contributed by atoms with E-state index in [9.17, 15) is 9.90 Å². The minimum Gasteiger partial charge on any atom is -0.394 e. The van der Waals surface area contributed by atoms with Crippen molar-refractivity contribution in [1.82, 2.24) is 10.3 Å². The number of hydrogen-bond acceptors (Lipinski definition) is 3. The summed E-state index contributed by atoms with van der Waals surface area (Å²) in [5.74, 6) is -0.118. The van der Waals surface area contributed by atoms with E-state index in [1.165, 1.54) is 0 Å². The van der Waals surface area contributed by atoms with Crippen LogP contribution in [-0.4, -0.2) is 35.1 Å². The van der Waals surface area contributed by atoms with E-state index in [1.807, 2.05) is 13.0 Å². The van der Waals surface area contributed by atoms with Crippen LogP contribution in [0.15, 0.2) is 24.4 Å².